The average Bonchev–Trinajstić information content (AvgIpc) is 2.84. The molecule has 3 aromatic carbocycles. The van der Waals surface area contributed by atoms with Crippen LogP contribution in [0.4, 0.5) is 0 Å². The number of likely N-dealkylation sites (N-methyl/N-ethyl adjacent to an activating group) is 1. The first-order valence-electron chi connectivity index (χ1n) is 10.8. The van der Waals surface area contributed by atoms with Crippen molar-refractivity contribution in [1.29, 1.82) is 0 Å². The van der Waals surface area contributed by atoms with Crippen molar-refractivity contribution in [3.05, 3.63) is 84.4 Å². The molecule has 1 unspecified atom stereocenters. The standard InChI is InChI=1S/C25H29N3O3S/c1-3-27-17-18-28(19-23(27)21-13-8-5-9-14-21)26-32(29,30)24-16-10-15-22(25(24)31-2)20-11-6-4-7-12-20/h4-16,23,26H,3,17-19H2,1-2H3. The maximum atomic E-state index is 13.4. The number of rotatable bonds is 7. The highest BCUT2D eigenvalue weighted by Gasteiger charge is 2.31. The van der Waals surface area contributed by atoms with Crippen molar-refractivity contribution >= 4 is 10.0 Å². The Hall–Kier alpha value is -2.71. The second kappa shape index (κ2) is 9.83. The van der Waals surface area contributed by atoms with Crippen molar-refractivity contribution in [3.63, 3.8) is 0 Å². The zero-order valence-corrected chi connectivity index (χ0v) is 19.3. The second-order valence-electron chi connectivity index (χ2n) is 7.80. The van der Waals surface area contributed by atoms with E-state index in [-0.39, 0.29) is 10.9 Å². The zero-order valence-electron chi connectivity index (χ0n) is 18.4. The van der Waals surface area contributed by atoms with Gasteiger partial charge in [0.1, 0.15) is 10.6 Å². The molecular weight excluding hydrogens is 422 g/mol. The van der Waals surface area contributed by atoms with Crippen LogP contribution in [0.2, 0.25) is 0 Å². The lowest BCUT2D eigenvalue weighted by Crippen LogP contribution is -2.54. The highest BCUT2D eigenvalue weighted by atomic mass is 32.2. The third kappa shape index (κ3) is 4.71. The van der Waals surface area contributed by atoms with Gasteiger partial charge in [-0.2, -0.15) is 0 Å². The molecule has 1 atom stereocenters. The summed E-state index contributed by atoms with van der Waals surface area (Å²) in [6, 6.07) is 25.2. The van der Waals surface area contributed by atoms with E-state index in [1.54, 1.807) is 17.1 Å². The predicted octanol–water partition coefficient (Wildman–Crippen LogP) is 3.93. The van der Waals surface area contributed by atoms with Gasteiger partial charge in [-0.15, -0.1) is 4.83 Å². The molecule has 7 heteroatoms. The molecule has 6 nitrogen and oxygen atoms in total. The number of nitrogens with one attached hydrogen (secondary N) is 1. The minimum absolute atomic E-state index is 0.121. The Morgan fingerprint density at radius 3 is 2.28 bits per heavy atom. The summed E-state index contributed by atoms with van der Waals surface area (Å²) in [7, 11) is -2.32. The van der Waals surface area contributed by atoms with Gasteiger partial charge in [-0.05, 0) is 23.7 Å². The largest absolute Gasteiger partial charge is 0.495 e. The Morgan fingerprint density at radius 2 is 1.62 bits per heavy atom. The monoisotopic (exact) mass is 451 g/mol. The zero-order chi connectivity index (χ0) is 22.6. The van der Waals surface area contributed by atoms with Gasteiger partial charge < -0.3 is 4.74 Å². The number of sulfonamides is 1. The number of nitrogens with zero attached hydrogens (tertiary/aromatic N) is 2. The molecule has 1 fully saturated rings. The molecule has 3 aromatic rings. The van der Waals surface area contributed by atoms with Crippen molar-refractivity contribution in [2.75, 3.05) is 33.3 Å². The number of piperazine rings is 1. The van der Waals surface area contributed by atoms with Crippen LogP contribution in [0.1, 0.15) is 18.5 Å². The summed E-state index contributed by atoms with van der Waals surface area (Å²) in [5, 5.41) is 1.80. The number of ether oxygens (including phenoxy) is 1. The van der Waals surface area contributed by atoms with Crippen molar-refractivity contribution in [3.8, 4) is 16.9 Å². The molecular formula is C25H29N3O3S. The first-order chi connectivity index (χ1) is 15.5. The van der Waals surface area contributed by atoms with E-state index in [2.05, 4.69) is 28.8 Å². The maximum Gasteiger partial charge on any atom is 0.257 e. The summed E-state index contributed by atoms with van der Waals surface area (Å²) in [5.74, 6) is 0.345. The van der Waals surface area contributed by atoms with E-state index in [4.69, 9.17) is 4.74 Å². The van der Waals surface area contributed by atoms with E-state index in [0.29, 0.717) is 18.8 Å². The van der Waals surface area contributed by atoms with Gasteiger partial charge in [-0.25, -0.2) is 13.4 Å². The number of para-hydroxylation sites is 1. The SMILES string of the molecule is CCN1CCN(NS(=O)(=O)c2cccc(-c3ccccc3)c2OC)CC1c1ccccc1. The van der Waals surface area contributed by atoms with Crippen LogP contribution in [0.3, 0.4) is 0 Å². The predicted molar refractivity (Wildman–Crippen MR) is 127 cm³/mol. The molecule has 0 radical (unpaired) electrons. The maximum absolute atomic E-state index is 13.4. The van der Waals surface area contributed by atoms with Crippen molar-refractivity contribution in [2.45, 2.75) is 17.9 Å². The molecule has 4 rings (SSSR count). The normalized spacial score (nSPS) is 17.9. The second-order valence-corrected chi connectivity index (χ2v) is 9.43. The molecule has 32 heavy (non-hydrogen) atoms. The van der Waals surface area contributed by atoms with E-state index in [1.165, 1.54) is 12.7 Å². The van der Waals surface area contributed by atoms with Gasteiger partial charge in [0, 0.05) is 31.2 Å². The molecule has 1 saturated heterocycles. The van der Waals surface area contributed by atoms with E-state index >= 15 is 0 Å². The lowest BCUT2D eigenvalue weighted by molar-refractivity contribution is 0.0647. The fraction of sp³-hybridized carbons (Fsp3) is 0.280. The number of benzene rings is 3. The quantitative estimate of drug-likeness (QED) is 0.590. The molecule has 1 heterocycles. The summed E-state index contributed by atoms with van der Waals surface area (Å²) in [6.45, 7) is 5.00. The highest BCUT2D eigenvalue weighted by molar-refractivity contribution is 7.89. The van der Waals surface area contributed by atoms with E-state index in [1.807, 2.05) is 54.6 Å². The van der Waals surface area contributed by atoms with Crippen LogP contribution in [0.15, 0.2) is 83.8 Å². The lowest BCUT2D eigenvalue weighted by Gasteiger charge is -2.41. The first-order valence-corrected chi connectivity index (χ1v) is 12.3. The molecule has 168 valence electrons. The molecule has 0 saturated carbocycles. The first kappa shape index (κ1) is 22.5. The van der Waals surface area contributed by atoms with Gasteiger partial charge in [-0.1, -0.05) is 79.7 Å². The molecule has 0 aromatic heterocycles. The van der Waals surface area contributed by atoms with Crippen molar-refractivity contribution < 1.29 is 13.2 Å². The van der Waals surface area contributed by atoms with Crippen LogP contribution in [-0.2, 0) is 10.0 Å². The van der Waals surface area contributed by atoms with Gasteiger partial charge in [0.25, 0.3) is 10.0 Å². The van der Waals surface area contributed by atoms with Gasteiger partial charge in [0.2, 0.25) is 0 Å². The number of hydrazine groups is 1. The Balaban J connectivity index is 1.61. The lowest BCUT2D eigenvalue weighted by atomic mass is 10.0. The van der Waals surface area contributed by atoms with Crippen molar-refractivity contribution in [1.82, 2.24) is 14.7 Å². The summed E-state index contributed by atoms with van der Waals surface area (Å²) in [5.41, 5.74) is 2.83. The van der Waals surface area contributed by atoms with Crippen LogP contribution in [0.5, 0.6) is 5.75 Å². The number of methoxy groups -OCH3 is 1. The van der Waals surface area contributed by atoms with Crippen molar-refractivity contribution in [2.24, 2.45) is 0 Å². The number of hydrogen-bond acceptors (Lipinski definition) is 5. The highest BCUT2D eigenvalue weighted by Crippen LogP contribution is 2.35. The van der Waals surface area contributed by atoms with Gasteiger partial charge in [0.05, 0.1) is 7.11 Å². The van der Waals surface area contributed by atoms with Gasteiger partial charge in [0.15, 0.2) is 0 Å². The molecule has 0 spiro atoms. The van der Waals surface area contributed by atoms with Gasteiger partial charge >= 0.3 is 0 Å². The van der Waals surface area contributed by atoms with Crippen LogP contribution < -0.4 is 9.57 Å². The Labute approximate surface area is 190 Å². The minimum Gasteiger partial charge on any atom is -0.495 e. The summed E-state index contributed by atoms with van der Waals surface area (Å²) < 4.78 is 32.4. The average molecular weight is 452 g/mol. The molecule has 0 amide bonds. The Morgan fingerprint density at radius 1 is 0.938 bits per heavy atom. The topological polar surface area (TPSA) is 61.9 Å². The number of hydrogen-bond donors (Lipinski definition) is 1. The molecule has 0 aliphatic carbocycles. The van der Waals surface area contributed by atoms with Gasteiger partial charge in [-0.3, -0.25) is 4.90 Å². The minimum atomic E-state index is -3.83. The summed E-state index contributed by atoms with van der Waals surface area (Å²) in [6.07, 6.45) is 0. The molecule has 0 bridgehead atoms. The van der Waals surface area contributed by atoms with Crippen LogP contribution in [0.25, 0.3) is 11.1 Å². The van der Waals surface area contributed by atoms with E-state index in [9.17, 15) is 8.42 Å². The Bertz CT molecular complexity index is 1140. The third-order valence-corrected chi connectivity index (χ3v) is 7.29. The Kier molecular flexibility index (Phi) is 6.91. The third-order valence-electron chi connectivity index (χ3n) is 5.89. The molecule has 1 N–H and O–H groups in total. The fourth-order valence-electron chi connectivity index (χ4n) is 4.28. The summed E-state index contributed by atoms with van der Waals surface area (Å²) >= 11 is 0. The molecule has 1 aliphatic rings. The van der Waals surface area contributed by atoms with Crippen LogP contribution in [0, 0.1) is 0 Å². The smallest absolute Gasteiger partial charge is 0.257 e. The van der Waals surface area contributed by atoms with E-state index < -0.39 is 10.0 Å². The molecule has 1 aliphatic heterocycles. The van der Waals surface area contributed by atoms with Crippen LogP contribution in [-0.4, -0.2) is 51.6 Å². The fourth-order valence-corrected chi connectivity index (χ4v) is 5.57. The summed E-state index contributed by atoms with van der Waals surface area (Å²) in [4.78, 5) is 5.31. The van der Waals surface area contributed by atoms with E-state index in [0.717, 1.165) is 24.2 Å². The van der Waals surface area contributed by atoms with Crippen LogP contribution >= 0.6 is 0 Å².